The van der Waals surface area contributed by atoms with Gasteiger partial charge in [0.1, 0.15) is 12.4 Å². The molecule has 0 spiro atoms. The van der Waals surface area contributed by atoms with Crippen LogP contribution in [0.1, 0.15) is 104 Å². The molecule has 0 aromatic carbocycles. The summed E-state index contributed by atoms with van der Waals surface area (Å²) < 4.78 is 2.44. The van der Waals surface area contributed by atoms with Crippen molar-refractivity contribution in [3.05, 3.63) is 18.2 Å². The predicted octanol–water partition coefficient (Wildman–Crippen LogP) is 6.20. The Morgan fingerprint density at radius 1 is 0.870 bits per heavy atom. The highest BCUT2D eigenvalue weighted by atomic mass is 15.1. The van der Waals surface area contributed by atoms with E-state index in [1.54, 1.807) is 0 Å². The molecule has 0 atom stereocenters. The largest absolute Gasteiger partial charge is 0.254 e. The zero-order valence-corrected chi connectivity index (χ0v) is 16.1. The first-order valence-electron chi connectivity index (χ1n) is 10.3. The van der Waals surface area contributed by atoms with Gasteiger partial charge in [-0.05, 0) is 25.2 Å². The highest BCUT2D eigenvalue weighted by Gasteiger charge is 2.09. The number of rotatable bonds is 15. The molecule has 0 amide bonds. The van der Waals surface area contributed by atoms with E-state index in [0.717, 1.165) is 5.92 Å². The Bertz CT molecular complexity index is 368. The fourth-order valence-electron chi connectivity index (χ4n) is 3.26. The molecular weight excluding hydrogens is 280 g/mol. The minimum atomic E-state index is 0.870. The van der Waals surface area contributed by atoms with Gasteiger partial charge in [0.05, 0.1) is 6.54 Å². The maximum absolute atomic E-state index is 3.45. The number of unbranched alkanes of at least 4 members (excludes halogenated alkanes) is 9. The average Bonchev–Trinajstić information content (AvgIpc) is 2.97. The molecule has 0 aliphatic carbocycles. The summed E-state index contributed by atoms with van der Waals surface area (Å²) >= 11 is 0. The lowest BCUT2D eigenvalue weighted by atomic mass is 10.0. The smallest absolute Gasteiger partial charge is 0.248 e. The van der Waals surface area contributed by atoms with Crippen molar-refractivity contribution in [3.8, 4) is 0 Å². The van der Waals surface area contributed by atoms with E-state index < -0.39 is 0 Å². The molecule has 0 aliphatic rings. The zero-order chi connectivity index (χ0) is 16.8. The average molecular weight is 322 g/mol. The Hall–Kier alpha value is -0.790. The van der Waals surface area contributed by atoms with Gasteiger partial charge in [-0.25, -0.2) is 9.55 Å². The minimum Gasteiger partial charge on any atom is -0.248 e. The molecule has 2 heteroatoms. The van der Waals surface area contributed by atoms with Gasteiger partial charge in [0, 0.05) is 6.42 Å². The first-order chi connectivity index (χ1) is 11.2. The Labute approximate surface area is 145 Å². The lowest BCUT2D eigenvalue weighted by Crippen LogP contribution is -2.36. The topological polar surface area (TPSA) is 19.7 Å². The second-order valence-electron chi connectivity index (χ2n) is 7.57. The standard InChI is InChI=1S/C21H40N2/c1-4-5-6-7-11-14-18-23-19-17-22-21(23)16-13-10-8-9-12-15-20(2)3/h17,19-20H,4-16,18H2,1-3H3/p+1. The van der Waals surface area contributed by atoms with Crippen LogP contribution in [0, 0.1) is 5.92 Å². The molecule has 0 saturated carbocycles. The molecular formula is C21H41N2+. The van der Waals surface area contributed by atoms with Crippen molar-refractivity contribution in [2.45, 2.75) is 111 Å². The molecule has 1 N–H and O–H groups in total. The number of nitrogens with zero attached hydrogens (tertiary/aromatic N) is 1. The van der Waals surface area contributed by atoms with Crippen LogP contribution in [0.5, 0.6) is 0 Å². The van der Waals surface area contributed by atoms with Gasteiger partial charge in [-0.2, -0.15) is 0 Å². The van der Waals surface area contributed by atoms with Gasteiger partial charge in [0.15, 0.2) is 0 Å². The summed E-state index contributed by atoms with van der Waals surface area (Å²) in [5, 5.41) is 0. The lowest BCUT2D eigenvalue weighted by Gasteiger charge is -2.04. The van der Waals surface area contributed by atoms with Crippen LogP contribution in [-0.2, 0) is 13.0 Å². The molecule has 0 fully saturated rings. The van der Waals surface area contributed by atoms with Gasteiger partial charge >= 0.3 is 0 Å². The fraction of sp³-hybridized carbons (Fsp3) is 0.857. The van der Waals surface area contributed by atoms with E-state index in [2.05, 4.69) is 42.7 Å². The van der Waals surface area contributed by atoms with Crippen LogP contribution in [-0.4, -0.2) is 4.98 Å². The van der Waals surface area contributed by atoms with E-state index in [9.17, 15) is 0 Å². The highest BCUT2D eigenvalue weighted by Crippen LogP contribution is 2.11. The maximum atomic E-state index is 3.45. The molecule has 2 nitrogen and oxygen atoms in total. The summed E-state index contributed by atoms with van der Waals surface area (Å²) in [6, 6.07) is 0. The van der Waals surface area contributed by atoms with Crippen LogP contribution >= 0.6 is 0 Å². The van der Waals surface area contributed by atoms with Crippen LogP contribution in [0.15, 0.2) is 12.4 Å². The van der Waals surface area contributed by atoms with Crippen molar-refractivity contribution in [1.82, 2.24) is 4.98 Å². The van der Waals surface area contributed by atoms with Gasteiger partial charge in [-0.1, -0.05) is 78.6 Å². The van der Waals surface area contributed by atoms with Crippen LogP contribution in [0.3, 0.4) is 0 Å². The monoisotopic (exact) mass is 321 g/mol. The van der Waals surface area contributed by atoms with E-state index in [1.807, 2.05) is 0 Å². The van der Waals surface area contributed by atoms with Crippen LogP contribution in [0.25, 0.3) is 0 Å². The molecule has 0 radical (unpaired) electrons. The van der Waals surface area contributed by atoms with Gasteiger partial charge in [-0.15, -0.1) is 0 Å². The number of aromatic nitrogens is 2. The molecule has 0 aliphatic heterocycles. The quantitative estimate of drug-likeness (QED) is 0.293. The summed E-state index contributed by atoms with van der Waals surface area (Å²) in [5.41, 5.74) is 0. The first-order valence-corrected chi connectivity index (χ1v) is 10.3. The van der Waals surface area contributed by atoms with E-state index in [1.165, 1.54) is 95.8 Å². The van der Waals surface area contributed by atoms with Crippen molar-refractivity contribution in [3.63, 3.8) is 0 Å². The van der Waals surface area contributed by atoms with Gasteiger partial charge < -0.3 is 0 Å². The number of aryl methyl sites for hydroxylation is 2. The van der Waals surface area contributed by atoms with Crippen LogP contribution < -0.4 is 4.57 Å². The van der Waals surface area contributed by atoms with Gasteiger partial charge in [0.25, 0.3) is 5.82 Å². The third-order valence-corrected chi connectivity index (χ3v) is 4.80. The minimum absolute atomic E-state index is 0.870. The Balaban J connectivity index is 2.05. The Morgan fingerprint density at radius 2 is 1.52 bits per heavy atom. The third-order valence-electron chi connectivity index (χ3n) is 4.80. The normalized spacial score (nSPS) is 11.5. The lowest BCUT2D eigenvalue weighted by molar-refractivity contribution is -0.703. The second kappa shape index (κ2) is 13.6. The Morgan fingerprint density at radius 3 is 2.26 bits per heavy atom. The van der Waals surface area contributed by atoms with Crippen molar-refractivity contribution in [1.29, 1.82) is 0 Å². The van der Waals surface area contributed by atoms with Crippen molar-refractivity contribution >= 4 is 0 Å². The molecule has 1 aromatic rings. The molecule has 0 saturated heterocycles. The van der Waals surface area contributed by atoms with Crippen molar-refractivity contribution in [2.75, 3.05) is 0 Å². The molecule has 1 aromatic heterocycles. The summed E-state index contributed by atoms with van der Waals surface area (Å²) in [7, 11) is 0. The summed E-state index contributed by atoms with van der Waals surface area (Å²) in [6.07, 6.45) is 22.2. The predicted molar refractivity (Wildman–Crippen MR) is 101 cm³/mol. The van der Waals surface area contributed by atoms with E-state index in [4.69, 9.17) is 0 Å². The van der Waals surface area contributed by atoms with Crippen LogP contribution in [0.2, 0.25) is 0 Å². The van der Waals surface area contributed by atoms with Gasteiger partial charge in [-0.3, -0.25) is 0 Å². The molecule has 0 unspecified atom stereocenters. The number of nitrogens with one attached hydrogen (secondary N) is 1. The van der Waals surface area contributed by atoms with Crippen molar-refractivity contribution < 1.29 is 4.57 Å². The number of aromatic amines is 1. The molecule has 23 heavy (non-hydrogen) atoms. The molecule has 1 rings (SSSR count). The van der Waals surface area contributed by atoms with E-state index >= 15 is 0 Å². The number of H-pyrrole nitrogens is 1. The Kier molecular flexibility index (Phi) is 12.0. The molecule has 134 valence electrons. The zero-order valence-electron chi connectivity index (χ0n) is 16.1. The first kappa shape index (κ1) is 20.3. The third kappa shape index (κ3) is 10.6. The summed E-state index contributed by atoms with van der Waals surface area (Å²) in [5.74, 6) is 2.30. The summed E-state index contributed by atoms with van der Waals surface area (Å²) in [4.78, 5) is 3.45. The second-order valence-corrected chi connectivity index (χ2v) is 7.57. The SMILES string of the molecule is CCCCCCCC[n+]1cc[nH]c1CCCCCCCC(C)C. The summed E-state index contributed by atoms with van der Waals surface area (Å²) in [6.45, 7) is 8.13. The molecule has 0 bridgehead atoms. The number of imidazole rings is 1. The molecule has 1 heterocycles. The number of hydrogen-bond acceptors (Lipinski definition) is 0. The van der Waals surface area contributed by atoms with Crippen molar-refractivity contribution in [2.24, 2.45) is 5.92 Å². The van der Waals surface area contributed by atoms with E-state index in [-0.39, 0.29) is 0 Å². The fourth-order valence-corrected chi connectivity index (χ4v) is 3.26. The van der Waals surface area contributed by atoms with Crippen LogP contribution in [0.4, 0.5) is 0 Å². The van der Waals surface area contributed by atoms with Gasteiger partial charge in [0.2, 0.25) is 0 Å². The number of hydrogen-bond donors (Lipinski definition) is 1. The van der Waals surface area contributed by atoms with E-state index in [0.29, 0.717) is 0 Å². The highest BCUT2D eigenvalue weighted by molar-refractivity contribution is 4.77. The maximum Gasteiger partial charge on any atom is 0.254 e.